The lowest BCUT2D eigenvalue weighted by Gasteiger charge is -2.38. The fraction of sp³-hybridized carbons (Fsp3) is 0.500. The molecule has 108 valence electrons. The van der Waals surface area contributed by atoms with Gasteiger partial charge in [0.15, 0.2) is 0 Å². The van der Waals surface area contributed by atoms with Gasteiger partial charge in [0, 0.05) is 5.69 Å². The van der Waals surface area contributed by atoms with Gasteiger partial charge in [0.1, 0.15) is 12.1 Å². The molecule has 0 bridgehead atoms. The van der Waals surface area contributed by atoms with Crippen LogP contribution in [0.4, 0.5) is 5.69 Å². The zero-order valence-corrected chi connectivity index (χ0v) is 12.3. The van der Waals surface area contributed by atoms with Crippen molar-refractivity contribution in [1.29, 1.82) is 0 Å². The highest BCUT2D eigenvalue weighted by molar-refractivity contribution is 6.08. The number of aryl methyl sites for hydroxylation is 1. The standard InChI is InChI=1S/C16H22N2O2/c1-4-8-12-9-6-7-10-14(12)18-13(5-2)15(19)17-11(3)16(18)20/h6-7,9-11,13H,4-5,8H2,1-3H3,(H,17,19). The smallest absolute Gasteiger partial charge is 0.250 e. The average molecular weight is 274 g/mol. The second-order valence-corrected chi connectivity index (χ2v) is 5.24. The molecule has 0 radical (unpaired) electrons. The molecule has 2 atom stereocenters. The van der Waals surface area contributed by atoms with Gasteiger partial charge in [0.25, 0.3) is 0 Å². The summed E-state index contributed by atoms with van der Waals surface area (Å²) in [5.41, 5.74) is 2.01. The van der Waals surface area contributed by atoms with E-state index in [2.05, 4.69) is 12.2 Å². The van der Waals surface area contributed by atoms with Crippen molar-refractivity contribution in [3.05, 3.63) is 29.8 Å². The molecule has 1 saturated heterocycles. The Hall–Kier alpha value is -1.84. The second kappa shape index (κ2) is 6.07. The number of hydrogen-bond acceptors (Lipinski definition) is 2. The summed E-state index contributed by atoms with van der Waals surface area (Å²) in [7, 11) is 0. The van der Waals surface area contributed by atoms with Gasteiger partial charge in [-0.15, -0.1) is 0 Å². The normalized spacial score (nSPS) is 22.9. The van der Waals surface area contributed by atoms with Gasteiger partial charge >= 0.3 is 0 Å². The molecule has 1 aliphatic rings. The number of rotatable bonds is 4. The minimum atomic E-state index is -0.458. The molecule has 2 unspecified atom stereocenters. The highest BCUT2D eigenvalue weighted by atomic mass is 16.2. The number of carbonyl (C=O) groups excluding carboxylic acids is 2. The second-order valence-electron chi connectivity index (χ2n) is 5.24. The minimum Gasteiger partial charge on any atom is -0.343 e. The highest BCUT2D eigenvalue weighted by Crippen LogP contribution is 2.27. The van der Waals surface area contributed by atoms with Crippen molar-refractivity contribution in [3.8, 4) is 0 Å². The van der Waals surface area contributed by atoms with E-state index in [-0.39, 0.29) is 11.8 Å². The largest absolute Gasteiger partial charge is 0.343 e. The molecule has 1 heterocycles. The molecule has 0 aliphatic carbocycles. The summed E-state index contributed by atoms with van der Waals surface area (Å²) in [4.78, 5) is 26.3. The summed E-state index contributed by atoms with van der Waals surface area (Å²) in [6.07, 6.45) is 2.54. The number of benzene rings is 1. The van der Waals surface area contributed by atoms with Crippen molar-refractivity contribution >= 4 is 17.5 Å². The number of anilines is 1. The summed E-state index contributed by atoms with van der Waals surface area (Å²) in [6, 6.07) is 7.02. The summed E-state index contributed by atoms with van der Waals surface area (Å²) in [5, 5.41) is 2.75. The maximum atomic E-state index is 12.5. The first-order valence-electron chi connectivity index (χ1n) is 7.31. The third-order valence-electron chi connectivity index (χ3n) is 3.74. The Labute approximate surface area is 120 Å². The van der Waals surface area contributed by atoms with Gasteiger partial charge in [-0.1, -0.05) is 38.5 Å². The van der Waals surface area contributed by atoms with E-state index in [1.807, 2.05) is 31.2 Å². The molecular formula is C16H22N2O2. The predicted molar refractivity (Wildman–Crippen MR) is 79.6 cm³/mol. The Kier molecular flexibility index (Phi) is 4.42. The Morgan fingerprint density at radius 3 is 2.55 bits per heavy atom. The molecule has 2 amide bonds. The molecule has 0 saturated carbocycles. The van der Waals surface area contributed by atoms with Crippen molar-refractivity contribution in [3.63, 3.8) is 0 Å². The maximum Gasteiger partial charge on any atom is 0.250 e. The van der Waals surface area contributed by atoms with Crippen LogP contribution >= 0.6 is 0 Å². The third-order valence-corrected chi connectivity index (χ3v) is 3.74. The molecule has 4 heteroatoms. The molecule has 2 rings (SSSR count). The van der Waals surface area contributed by atoms with Gasteiger partial charge in [-0.25, -0.2) is 0 Å². The summed E-state index contributed by atoms with van der Waals surface area (Å²) in [5.74, 6) is -0.0918. The van der Waals surface area contributed by atoms with Crippen molar-refractivity contribution in [2.24, 2.45) is 0 Å². The van der Waals surface area contributed by atoms with Gasteiger partial charge in [-0.2, -0.15) is 0 Å². The summed E-state index contributed by atoms with van der Waals surface area (Å²) in [6.45, 7) is 5.78. The Morgan fingerprint density at radius 1 is 1.20 bits per heavy atom. The Bertz CT molecular complexity index is 513. The molecule has 0 spiro atoms. The minimum absolute atomic E-state index is 0.0278. The van der Waals surface area contributed by atoms with Gasteiger partial charge in [0.05, 0.1) is 0 Å². The SMILES string of the molecule is CCCc1ccccc1N1C(=O)C(C)NC(=O)C1CC. The number of carbonyl (C=O) groups is 2. The van der Waals surface area contributed by atoms with Gasteiger partial charge < -0.3 is 5.32 Å². The molecular weight excluding hydrogens is 252 g/mol. The van der Waals surface area contributed by atoms with Gasteiger partial charge in [-0.3, -0.25) is 14.5 Å². The monoisotopic (exact) mass is 274 g/mol. The number of para-hydroxylation sites is 1. The quantitative estimate of drug-likeness (QED) is 0.915. The van der Waals surface area contributed by atoms with Gasteiger partial charge in [-0.05, 0) is 31.4 Å². The fourth-order valence-corrected chi connectivity index (χ4v) is 2.73. The van der Waals surface area contributed by atoms with Crippen LogP contribution < -0.4 is 10.2 Å². The molecule has 1 fully saturated rings. The van der Waals surface area contributed by atoms with Crippen LogP contribution in [0.2, 0.25) is 0 Å². The lowest BCUT2D eigenvalue weighted by Crippen LogP contribution is -2.62. The maximum absolute atomic E-state index is 12.5. The van der Waals surface area contributed by atoms with Crippen molar-refractivity contribution < 1.29 is 9.59 Å². The molecule has 1 aromatic carbocycles. The molecule has 0 aromatic heterocycles. The van der Waals surface area contributed by atoms with Crippen LogP contribution in [-0.2, 0) is 16.0 Å². The van der Waals surface area contributed by atoms with Crippen LogP contribution in [-0.4, -0.2) is 23.9 Å². The van der Waals surface area contributed by atoms with E-state index in [0.717, 1.165) is 24.1 Å². The van der Waals surface area contributed by atoms with Crippen molar-refractivity contribution in [1.82, 2.24) is 5.32 Å². The van der Waals surface area contributed by atoms with Crippen molar-refractivity contribution in [2.75, 3.05) is 4.90 Å². The lowest BCUT2D eigenvalue weighted by atomic mass is 10.0. The Balaban J connectivity index is 2.46. The zero-order valence-electron chi connectivity index (χ0n) is 12.3. The molecule has 1 aromatic rings. The molecule has 20 heavy (non-hydrogen) atoms. The van der Waals surface area contributed by atoms with E-state index in [9.17, 15) is 9.59 Å². The van der Waals surface area contributed by atoms with Crippen LogP contribution in [0, 0.1) is 0 Å². The number of hydrogen-bond donors (Lipinski definition) is 1. The van der Waals surface area contributed by atoms with E-state index >= 15 is 0 Å². The van der Waals surface area contributed by atoms with E-state index in [0.29, 0.717) is 6.42 Å². The number of nitrogens with one attached hydrogen (secondary N) is 1. The van der Waals surface area contributed by atoms with E-state index in [1.165, 1.54) is 0 Å². The Morgan fingerprint density at radius 2 is 1.90 bits per heavy atom. The third kappa shape index (κ3) is 2.55. The highest BCUT2D eigenvalue weighted by Gasteiger charge is 2.38. The first-order chi connectivity index (χ1) is 9.60. The molecule has 1 aliphatic heterocycles. The molecule has 1 N–H and O–H groups in total. The average Bonchev–Trinajstić information content (AvgIpc) is 2.44. The number of nitrogens with zero attached hydrogens (tertiary/aromatic N) is 1. The van der Waals surface area contributed by atoms with E-state index in [4.69, 9.17) is 0 Å². The number of piperazine rings is 1. The summed E-state index contributed by atoms with van der Waals surface area (Å²) < 4.78 is 0. The topological polar surface area (TPSA) is 49.4 Å². The summed E-state index contributed by atoms with van der Waals surface area (Å²) >= 11 is 0. The predicted octanol–water partition coefficient (Wildman–Crippen LogP) is 2.27. The van der Waals surface area contributed by atoms with Gasteiger partial charge in [0.2, 0.25) is 11.8 Å². The van der Waals surface area contributed by atoms with E-state index < -0.39 is 12.1 Å². The van der Waals surface area contributed by atoms with Crippen molar-refractivity contribution in [2.45, 2.75) is 52.1 Å². The number of amides is 2. The van der Waals surface area contributed by atoms with Crippen LogP contribution in [0.25, 0.3) is 0 Å². The first-order valence-corrected chi connectivity index (χ1v) is 7.31. The van der Waals surface area contributed by atoms with Crippen LogP contribution in [0.1, 0.15) is 39.2 Å². The van der Waals surface area contributed by atoms with Crippen LogP contribution in [0.3, 0.4) is 0 Å². The molecule has 4 nitrogen and oxygen atoms in total. The van der Waals surface area contributed by atoms with Crippen LogP contribution in [0.15, 0.2) is 24.3 Å². The van der Waals surface area contributed by atoms with E-state index in [1.54, 1.807) is 11.8 Å². The first kappa shape index (κ1) is 14.6. The lowest BCUT2D eigenvalue weighted by molar-refractivity contribution is -0.133. The zero-order chi connectivity index (χ0) is 14.7. The fourth-order valence-electron chi connectivity index (χ4n) is 2.73. The van der Waals surface area contributed by atoms with Crippen LogP contribution in [0.5, 0.6) is 0 Å².